The Kier molecular flexibility index (Phi) is 13.3. The molecule has 1 aromatic heterocycles. The van der Waals surface area contributed by atoms with E-state index in [1.165, 1.54) is 24.3 Å². The predicted molar refractivity (Wildman–Crippen MR) is 187 cm³/mol. The van der Waals surface area contributed by atoms with Crippen LogP contribution in [-0.2, 0) is 41.5 Å². The first-order chi connectivity index (χ1) is 25.3. The molecule has 2 amide bonds. The lowest BCUT2D eigenvalue weighted by atomic mass is 9.80. The number of halogens is 2. The van der Waals surface area contributed by atoms with Crippen molar-refractivity contribution in [1.29, 1.82) is 0 Å². The second-order valence-electron chi connectivity index (χ2n) is 14.1. The number of hydrogen-bond acceptors (Lipinski definition) is 11. The van der Waals surface area contributed by atoms with Crippen LogP contribution in [0.5, 0.6) is 5.75 Å². The molecular weight excluding hydrogens is 694 g/mol. The van der Waals surface area contributed by atoms with Gasteiger partial charge in [-0.2, -0.15) is 8.78 Å². The van der Waals surface area contributed by atoms with E-state index in [1.54, 1.807) is 39.1 Å². The van der Waals surface area contributed by atoms with E-state index in [9.17, 15) is 28.3 Å². The lowest BCUT2D eigenvalue weighted by Gasteiger charge is -2.33. The van der Waals surface area contributed by atoms with Crippen LogP contribution in [0.3, 0.4) is 0 Å². The number of aliphatic hydroxyl groups excluding tert-OH is 1. The molecule has 15 heteroatoms. The monoisotopic (exact) mass is 740 g/mol. The number of benzene rings is 2. The molecule has 53 heavy (non-hydrogen) atoms. The standard InChI is InChI=1S/C38H46F2N4O9/c1-38(2,3)32(34(47)49-4)33(46)42-29(19-23-8-12-25(13-9-23)28-7-5-6-17-41-28)30(45)21-44(20-24-10-14-26(15-11-24)52-36(39)40)43-37(48)53-31-22-51-35-27(31)16-18-50-35/h5-15,17,27,29-32,35-36,45H,16,18-22H2,1-4H3,(H,42,46)(H,43,48). The summed E-state index contributed by atoms with van der Waals surface area (Å²) in [5.41, 5.74) is 4.87. The Balaban J connectivity index is 1.38. The zero-order valence-corrected chi connectivity index (χ0v) is 30.1. The molecule has 5 rings (SSSR count). The lowest BCUT2D eigenvalue weighted by molar-refractivity contribution is -0.155. The third-order valence-electron chi connectivity index (χ3n) is 9.15. The molecule has 0 saturated carbocycles. The van der Waals surface area contributed by atoms with E-state index in [4.69, 9.17) is 18.9 Å². The number of alkyl halides is 2. The molecule has 2 fully saturated rings. The van der Waals surface area contributed by atoms with Crippen molar-refractivity contribution in [1.82, 2.24) is 20.7 Å². The Bertz CT molecular complexity index is 1660. The number of ether oxygens (including phenoxy) is 5. The van der Waals surface area contributed by atoms with Gasteiger partial charge < -0.3 is 34.1 Å². The SMILES string of the molecule is COC(=O)C(C(=O)NC(Cc1ccc(-c2ccccn2)cc1)C(O)CN(Cc1ccc(OC(F)F)cc1)NC(=O)OC1COC2OCCC12)C(C)(C)C. The van der Waals surface area contributed by atoms with Crippen LogP contribution in [0.25, 0.3) is 11.3 Å². The van der Waals surface area contributed by atoms with Crippen molar-refractivity contribution in [2.24, 2.45) is 17.3 Å². The number of aliphatic hydroxyl groups is 1. The molecular formula is C38H46F2N4O9. The van der Waals surface area contributed by atoms with Crippen molar-refractivity contribution < 1.29 is 52.0 Å². The normalized spacial score (nSPS) is 20.0. The number of fused-ring (bicyclic) bond motifs is 1. The molecule has 0 bridgehead atoms. The summed E-state index contributed by atoms with van der Waals surface area (Å²) in [5, 5.41) is 16.1. The first-order valence-corrected chi connectivity index (χ1v) is 17.4. The van der Waals surface area contributed by atoms with Crippen LogP contribution >= 0.6 is 0 Å². The van der Waals surface area contributed by atoms with E-state index >= 15 is 0 Å². The highest BCUT2D eigenvalue weighted by molar-refractivity contribution is 5.98. The summed E-state index contributed by atoms with van der Waals surface area (Å²) in [4.78, 5) is 44.2. The molecule has 13 nitrogen and oxygen atoms in total. The highest BCUT2D eigenvalue weighted by atomic mass is 19.3. The van der Waals surface area contributed by atoms with E-state index in [1.807, 2.05) is 42.5 Å². The van der Waals surface area contributed by atoms with Gasteiger partial charge in [-0.1, -0.05) is 63.2 Å². The average molecular weight is 741 g/mol. The van der Waals surface area contributed by atoms with Crippen LogP contribution in [-0.4, -0.2) is 91.1 Å². The number of aromatic nitrogens is 1. The molecule has 6 atom stereocenters. The van der Waals surface area contributed by atoms with Gasteiger partial charge in [0.05, 0.1) is 44.1 Å². The molecule has 2 aliphatic heterocycles. The van der Waals surface area contributed by atoms with Gasteiger partial charge in [-0.05, 0) is 53.6 Å². The Morgan fingerprint density at radius 1 is 1.02 bits per heavy atom. The van der Waals surface area contributed by atoms with E-state index in [2.05, 4.69) is 20.5 Å². The van der Waals surface area contributed by atoms with Gasteiger partial charge >= 0.3 is 18.7 Å². The number of esters is 1. The first-order valence-electron chi connectivity index (χ1n) is 17.4. The van der Waals surface area contributed by atoms with Crippen LogP contribution in [0.4, 0.5) is 13.6 Å². The smallest absolute Gasteiger partial charge is 0.422 e. The average Bonchev–Trinajstić information content (AvgIpc) is 3.74. The van der Waals surface area contributed by atoms with Gasteiger partial charge in [-0.15, -0.1) is 0 Å². The fourth-order valence-electron chi connectivity index (χ4n) is 6.46. The Hall–Kier alpha value is -4.70. The summed E-state index contributed by atoms with van der Waals surface area (Å²) in [5.74, 6) is -2.71. The van der Waals surface area contributed by atoms with Gasteiger partial charge in [0.25, 0.3) is 0 Å². The minimum absolute atomic E-state index is 0.00364. The zero-order valence-electron chi connectivity index (χ0n) is 30.1. The van der Waals surface area contributed by atoms with Crippen molar-refractivity contribution in [2.45, 2.75) is 71.3 Å². The van der Waals surface area contributed by atoms with Crippen molar-refractivity contribution in [3.63, 3.8) is 0 Å². The zero-order chi connectivity index (χ0) is 38.1. The molecule has 3 heterocycles. The summed E-state index contributed by atoms with van der Waals surface area (Å²) in [6.45, 7) is 2.65. The minimum Gasteiger partial charge on any atom is -0.468 e. The number of methoxy groups -OCH3 is 1. The van der Waals surface area contributed by atoms with Gasteiger partial charge in [-0.3, -0.25) is 20.0 Å². The van der Waals surface area contributed by atoms with Gasteiger partial charge in [0.1, 0.15) is 17.8 Å². The fraction of sp³-hybridized carbons (Fsp3) is 0.474. The van der Waals surface area contributed by atoms with Crippen LogP contribution in [0, 0.1) is 17.3 Å². The number of carbonyl (C=O) groups is 3. The van der Waals surface area contributed by atoms with Crippen molar-refractivity contribution >= 4 is 18.0 Å². The number of pyridine rings is 1. The highest BCUT2D eigenvalue weighted by Gasteiger charge is 2.44. The van der Waals surface area contributed by atoms with Crippen LogP contribution in [0.15, 0.2) is 72.9 Å². The van der Waals surface area contributed by atoms with E-state index in [-0.39, 0.29) is 37.8 Å². The third kappa shape index (κ3) is 10.9. The van der Waals surface area contributed by atoms with Crippen LogP contribution < -0.4 is 15.5 Å². The molecule has 2 saturated heterocycles. The highest BCUT2D eigenvalue weighted by Crippen LogP contribution is 2.33. The molecule has 0 aliphatic carbocycles. The quantitative estimate of drug-likeness (QED) is 0.115. The third-order valence-corrected chi connectivity index (χ3v) is 9.15. The Morgan fingerprint density at radius 2 is 1.74 bits per heavy atom. The Labute approximate surface area is 306 Å². The largest absolute Gasteiger partial charge is 0.468 e. The maximum absolute atomic E-state index is 13.8. The van der Waals surface area contributed by atoms with Crippen molar-refractivity contribution in [3.05, 3.63) is 84.1 Å². The minimum atomic E-state index is -3.00. The van der Waals surface area contributed by atoms with Gasteiger partial charge in [-0.25, -0.2) is 9.80 Å². The van der Waals surface area contributed by atoms with Crippen LogP contribution in [0.1, 0.15) is 38.3 Å². The summed E-state index contributed by atoms with van der Waals surface area (Å²) >= 11 is 0. The van der Waals surface area contributed by atoms with E-state index < -0.39 is 60.5 Å². The summed E-state index contributed by atoms with van der Waals surface area (Å²) in [7, 11) is 1.20. The summed E-state index contributed by atoms with van der Waals surface area (Å²) < 4.78 is 51.8. The maximum atomic E-state index is 13.8. The molecule has 3 N–H and O–H groups in total. The first kappa shape index (κ1) is 39.5. The second-order valence-corrected chi connectivity index (χ2v) is 14.1. The van der Waals surface area contributed by atoms with Gasteiger partial charge in [0, 0.05) is 24.8 Å². The molecule has 0 radical (unpaired) electrons. The number of nitrogens with one attached hydrogen (secondary N) is 2. The number of hydrazine groups is 1. The van der Waals surface area contributed by atoms with Gasteiger partial charge in [0.2, 0.25) is 5.91 Å². The Morgan fingerprint density at radius 3 is 2.38 bits per heavy atom. The number of amides is 2. The second kappa shape index (κ2) is 17.9. The van der Waals surface area contributed by atoms with Crippen molar-refractivity contribution in [3.8, 4) is 17.0 Å². The maximum Gasteiger partial charge on any atom is 0.422 e. The van der Waals surface area contributed by atoms with Crippen LogP contribution in [0.2, 0.25) is 0 Å². The topological polar surface area (TPSA) is 158 Å². The molecule has 6 unspecified atom stereocenters. The number of carbonyl (C=O) groups excluding carboxylic acids is 3. The number of hydrogen-bond donors (Lipinski definition) is 3. The number of nitrogens with zero attached hydrogens (tertiary/aromatic N) is 2. The number of rotatable bonds is 15. The van der Waals surface area contributed by atoms with E-state index in [0.717, 1.165) is 16.8 Å². The molecule has 2 aliphatic rings. The van der Waals surface area contributed by atoms with E-state index in [0.29, 0.717) is 18.6 Å². The molecule has 286 valence electrons. The lowest BCUT2D eigenvalue weighted by Crippen LogP contribution is -2.55. The summed E-state index contributed by atoms with van der Waals surface area (Å²) in [6.07, 6.45) is -0.604. The fourth-order valence-corrected chi connectivity index (χ4v) is 6.46. The van der Waals surface area contributed by atoms with Gasteiger partial charge in [0.15, 0.2) is 6.29 Å². The van der Waals surface area contributed by atoms with Crippen molar-refractivity contribution in [2.75, 3.05) is 26.9 Å². The molecule has 0 spiro atoms. The molecule has 2 aromatic carbocycles. The molecule has 3 aromatic rings. The summed E-state index contributed by atoms with van der Waals surface area (Å²) in [6, 6.07) is 17.9. The predicted octanol–water partition coefficient (Wildman–Crippen LogP) is 4.48.